The highest BCUT2D eigenvalue weighted by molar-refractivity contribution is 7.88. The van der Waals surface area contributed by atoms with E-state index in [4.69, 9.17) is 0 Å². The van der Waals surface area contributed by atoms with E-state index in [1.165, 1.54) is 10.6 Å². The van der Waals surface area contributed by atoms with Crippen molar-refractivity contribution in [3.63, 3.8) is 0 Å². The number of hydrogen-bond donors (Lipinski definition) is 0. The lowest BCUT2D eigenvalue weighted by Crippen LogP contribution is -2.53. The molecule has 0 N–H and O–H groups in total. The molecule has 0 aromatic rings. The van der Waals surface area contributed by atoms with Gasteiger partial charge in [0.2, 0.25) is 21.8 Å². The summed E-state index contributed by atoms with van der Waals surface area (Å²) in [6, 6.07) is 0. The van der Waals surface area contributed by atoms with Crippen LogP contribution >= 0.6 is 0 Å². The number of rotatable bonds is 1. The van der Waals surface area contributed by atoms with Crippen molar-refractivity contribution in [2.45, 2.75) is 26.2 Å². The molecule has 3 aliphatic rings. The molecular formula is C15H25N3O4S. The number of sulfonamides is 1. The average molecular weight is 343 g/mol. The van der Waals surface area contributed by atoms with Crippen LogP contribution in [0.3, 0.4) is 0 Å². The Kier molecular flexibility index (Phi) is 3.76. The van der Waals surface area contributed by atoms with Crippen molar-refractivity contribution in [2.24, 2.45) is 10.8 Å². The molecule has 2 spiro atoms. The summed E-state index contributed by atoms with van der Waals surface area (Å²) < 4.78 is 25.0. The molecule has 1 unspecified atom stereocenters. The lowest BCUT2D eigenvalue weighted by Gasteiger charge is -2.46. The number of carbonyl (C=O) groups excluding carboxylic acids is 2. The van der Waals surface area contributed by atoms with Gasteiger partial charge in [-0.15, -0.1) is 0 Å². The number of likely N-dealkylation sites (tertiary alicyclic amines) is 2. The molecule has 3 rings (SSSR count). The van der Waals surface area contributed by atoms with Crippen LogP contribution in [0.1, 0.15) is 26.2 Å². The summed E-state index contributed by atoms with van der Waals surface area (Å²) in [5, 5.41) is 0. The van der Waals surface area contributed by atoms with Crippen LogP contribution in [0.4, 0.5) is 0 Å². The maximum atomic E-state index is 12.9. The van der Waals surface area contributed by atoms with E-state index in [2.05, 4.69) is 0 Å². The third kappa shape index (κ3) is 2.38. The maximum Gasteiger partial charge on any atom is 0.231 e. The molecule has 0 bridgehead atoms. The predicted molar refractivity (Wildman–Crippen MR) is 85.0 cm³/mol. The zero-order valence-corrected chi connectivity index (χ0v) is 14.9. The van der Waals surface area contributed by atoms with Crippen LogP contribution < -0.4 is 0 Å². The lowest BCUT2D eigenvalue weighted by molar-refractivity contribution is -0.140. The van der Waals surface area contributed by atoms with Gasteiger partial charge in [-0.05, 0) is 19.3 Å². The minimum absolute atomic E-state index is 0.00542. The van der Waals surface area contributed by atoms with Gasteiger partial charge in [0.15, 0.2) is 0 Å². The Morgan fingerprint density at radius 2 is 1.70 bits per heavy atom. The number of hydrogen-bond acceptors (Lipinski definition) is 4. The Balaban J connectivity index is 1.93. The Morgan fingerprint density at radius 1 is 1.09 bits per heavy atom. The van der Waals surface area contributed by atoms with Gasteiger partial charge in [0.1, 0.15) is 0 Å². The van der Waals surface area contributed by atoms with Gasteiger partial charge in [0.05, 0.1) is 11.7 Å². The first kappa shape index (κ1) is 16.7. The fourth-order valence-corrected chi connectivity index (χ4v) is 5.59. The standard InChI is InChI=1S/C15H25N3O4S/c1-12(19)17-10-14(4-8-18(9-5-14)23(3,21)22)15(11-17)6-7-16(2)13(15)20/h4-11H2,1-3H3. The van der Waals surface area contributed by atoms with Crippen molar-refractivity contribution in [3.8, 4) is 0 Å². The van der Waals surface area contributed by atoms with Crippen LogP contribution in [0.2, 0.25) is 0 Å². The summed E-state index contributed by atoms with van der Waals surface area (Å²) in [5.74, 6) is 0.114. The SMILES string of the molecule is CC(=O)N1CC2(CCN(S(C)(=O)=O)CC2)C2(CCN(C)C2=O)C1. The first-order valence-electron chi connectivity index (χ1n) is 8.08. The van der Waals surface area contributed by atoms with Crippen LogP contribution in [0.15, 0.2) is 0 Å². The molecule has 0 aromatic heterocycles. The van der Waals surface area contributed by atoms with E-state index in [0.717, 1.165) is 6.42 Å². The van der Waals surface area contributed by atoms with Crippen molar-refractivity contribution in [2.75, 3.05) is 46.0 Å². The molecule has 0 aromatic carbocycles. The summed E-state index contributed by atoms with van der Waals surface area (Å²) in [5.41, 5.74) is -0.821. The van der Waals surface area contributed by atoms with Crippen molar-refractivity contribution in [1.82, 2.24) is 14.1 Å². The normalized spacial score (nSPS) is 31.5. The summed E-state index contributed by atoms with van der Waals surface area (Å²) in [4.78, 5) is 28.4. The Morgan fingerprint density at radius 3 is 2.13 bits per heavy atom. The molecule has 0 aliphatic carbocycles. The second-order valence-electron chi connectivity index (χ2n) is 7.38. The predicted octanol–water partition coefficient (Wildman–Crippen LogP) is -0.261. The second kappa shape index (κ2) is 5.17. The van der Waals surface area contributed by atoms with Crippen molar-refractivity contribution in [1.29, 1.82) is 0 Å². The quantitative estimate of drug-likeness (QED) is 0.657. The molecule has 0 saturated carbocycles. The molecule has 130 valence electrons. The van der Waals surface area contributed by atoms with Crippen LogP contribution in [0.5, 0.6) is 0 Å². The summed E-state index contributed by atoms with van der Waals surface area (Å²) in [6.07, 6.45) is 3.27. The van der Waals surface area contributed by atoms with Gasteiger partial charge in [-0.25, -0.2) is 12.7 Å². The van der Waals surface area contributed by atoms with Gasteiger partial charge in [-0.3, -0.25) is 9.59 Å². The van der Waals surface area contributed by atoms with Crippen LogP contribution in [0, 0.1) is 10.8 Å². The van der Waals surface area contributed by atoms with E-state index in [9.17, 15) is 18.0 Å². The van der Waals surface area contributed by atoms with E-state index < -0.39 is 15.4 Å². The molecule has 2 amide bonds. The lowest BCUT2D eigenvalue weighted by atomic mass is 9.60. The third-order valence-corrected chi connectivity index (χ3v) is 7.50. The highest BCUT2D eigenvalue weighted by atomic mass is 32.2. The first-order valence-corrected chi connectivity index (χ1v) is 9.92. The number of nitrogens with zero attached hydrogens (tertiary/aromatic N) is 3. The molecule has 3 fully saturated rings. The summed E-state index contributed by atoms with van der Waals surface area (Å²) >= 11 is 0. The second-order valence-corrected chi connectivity index (χ2v) is 9.36. The molecule has 1 atom stereocenters. The van der Waals surface area contributed by atoms with Gasteiger partial charge >= 0.3 is 0 Å². The van der Waals surface area contributed by atoms with Gasteiger partial charge < -0.3 is 9.80 Å². The van der Waals surface area contributed by atoms with E-state index >= 15 is 0 Å². The van der Waals surface area contributed by atoms with E-state index in [1.807, 2.05) is 7.05 Å². The largest absolute Gasteiger partial charge is 0.345 e. The number of piperidine rings is 1. The fourth-order valence-electron chi connectivity index (χ4n) is 4.74. The van der Waals surface area contributed by atoms with Crippen molar-refractivity contribution < 1.29 is 18.0 Å². The van der Waals surface area contributed by atoms with Gasteiger partial charge in [0, 0.05) is 52.1 Å². The number of amides is 2. The number of fused-ring (bicyclic) bond motifs is 1. The van der Waals surface area contributed by atoms with Crippen LogP contribution in [0.25, 0.3) is 0 Å². The van der Waals surface area contributed by atoms with Crippen LogP contribution in [-0.4, -0.2) is 80.4 Å². The third-order valence-electron chi connectivity index (χ3n) is 6.19. The zero-order chi connectivity index (χ0) is 17.0. The topological polar surface area (TPSA) is 78.0 Å². The van der Waals surface area contributed by atoms with E-state index in [0.29, 0.717) is 45.6 Å². The minimum Gasteiger partial charge on any atom is -0.345 e. The van der Waals surface area contributed by atoms with Gasteiger partial charge in [0.25, 0.3) is 0 Å². The highest BCUT2D eigenvalue weighted by Gasteiger charge is 2.65. The van der Waals surface area contributed by atoms with Gasteiger partial charge in [-0.2, -0.15) is 0 Å². The molecule has 23 heavy (non-hydrogen) atoms. The molecule has 3 saturated heterocycles. The fraction of sp³-hybridized carbons (Fsp3) is 0.867. The highest BCUT2D eigenvalue weighted by Crippen LogP contribution is 2.57. The average Bonchev–Trinajstić information content (AvgIpc) is 2.93. The van der Waals surface area contributed by atoms with Crippen molar-refractivity contribution >= 4 is 21.8 Å². The van der Waals surface area contributed by atoms with E-state index in [1.54, 1.807) is 16.7 Å². The molecule has 3 aliphatic heterocycles. The molecular weight excluding hydrogens is 318 g/mol. The van der Waals surface area contributed by atoms with Crippen LogP contribution in [-0.2, 0) is 19.6 Å². The van der Waals surface area contributed by atoms with E-state index in [-0.39, 0.29) is 17.2 Å². The molecule has 8 heteroatoms. The molecule has 7 nitrogen and oxygen atoms in total. The summed E-state index contributed by atoms with van der Waals surface area (Å²) in [7, 11) is -1.39. The minimum atomic E-state index is -3.20. The molecule has 0 radical (unpaired) electrons. The van der Waals surface area contributed by atoms with Gasteiger partial charge in [-0.1, -0.05) is 0 Å². The Hall–Kier alpha value is -1.15. The number of carbonyl (C=O) groups is 2. The maximum absolute atomic E-state index is 12.9. The smallest absolute Gasteiger partial charge is 0.231 e. The summed E-state index contributed by atoms with van der Waals surface area (Å²) in [6.45, 7) is 4.17. The molecule has 3 heterocycles. The van der Waals surface area contributed by atoms with Crippen molar-refractivity contribution in [3.05, 3.63) is 0 Å². The Bertz CT molecular complexity index is 639. The monoisotopic (exact) mass is 343 g/mol. The Labute approximate surface area is 137 Å². The zero-order valence-electron chi connectivity index (χ0n) is 14.0. The first-order chi connectivity index (χ1) is 10.6.